The third-order valence-electron chi connectivity index (χ3n) is 1.95. The maximum atomic E-state index is 11.6. The second-order valence-corrected chi connectivity index (χ2v) is 6.53. The van der Waals surface area contributed by atoms with Crippen molar-refractivity contribution in [3.63, 3.8) is 0 Å². The fraction of sp³-hybridized carbons (Fsp3) is 0.889. The van der Waals surface area contributed by atoms with Crippen LogP contribution < -0.4 is 0 Å². The molecule has 0 fully saturated rings. The van der Waals surface area contributed by atoms with Gasteiger partial charge in [-0.15, -0.1) is 0 Å². The summed E-state index contributed by atoms with van der Waals surface area (Å²) < 4.78 is 0.151. The normalized spacial score (nSPS) is 13.5. The highest BCUT2D eigenvalue weighted by Gasteiger charge is 2.25. The summed E-state index contributed by atoms with van der Waals surface area (Å²) in [7, 11) is 0. The first-order valence-electron chi connectivity index (χ1n) is 4.51. The first-order chi connectivity index (χ1) is 5.91. The smallest absolute Gasteiger partial charge is 0.222 e. The number of nitrogens with zero attached hydrogens (tertiary/aromatic N) is 1. The number of carbonyl (C=O) groups is 1. The van der Waals surface area contributed by atoms with E-state index >= 15 is 0 Å². The van der Waals surface area contributed by atoms with Crippen molar-refractivity contribution >= 4 is 37.8 Å². The van der Waals surface area contributed by atoms with Crippen LogP contribution in [0.15, 0.2) is 0 Å². The van der Waals surface area contributed by atoms with Gasteiger partial charge in [-0.25, -0.2) is 0 Å². The highest BCUT2D eigenvalue weighted by Crippen LogP contribution is 2.20. The Morgan fingerprint density at radius 3 is 2.00 bits per heavy atom. The molecular formula is C9H17Br2NO. The van der Waals surface area contributed by atoms with Crippen LogP contribution in [-0.2, 0) is 4.79 Å². The first-order valence-corrected chi connectivity index (χ1v) is 6.34. The molecule has 0 aromatic heterocycles. The highest BCUT2D eigenvalue weighted by molar-refractivity contribution is 9.24. The maximum Gasteiger partial charge on any atom is 0.222 e. The van der Waals surface area contributed by atoms with E-state index in [0.717, 1.165) is 0 Å². The average molecular weight is 315 g/mol. The van der Waals surface area contributed by atoms with Crippen LogP contribution in [0.3, 0.4) is 0 Å². The van der Waals surface area contributed by atoms with Crippen LogP contribution in [0.1, 0.15) is 34.1 Å². The zero-order valence-corrected chi connectivity index (χ0v) is 11.7. The van der Waals surface area contributed by atoms with Gasteiger partial charge in [-0.2, -0.15) is 0 Å². The molecule has 0 N–H and O–H groups in total. The summed E-state index contributed by atoms with van der Waals surface area (Å²) in [5.41, 5.74) is 0. The SMILES string of the molecule is CCC(=O)N(C(C)C)C(C)C(Br)Br. The molecule has 0 saturated carbocycles. The van der Waals surface area contributed by atoms with Crippen molar-refractivity contribution in [1.29, 1.82) is 0 Å². The first kappa shape index (κ1) is 13.4. The van der Waals surface area contributed by atoms with E-state index in [4.69, 9.17) is 0 Å². The number of rotatable bonds is 4. The molecule has 0 heterocycles. The van der Waals surface area contributed by atoms with E-state index < -0.39 is 0 Å². The van der Waals surface area contributed by atoms with Crippen LogP contribution in [-0.4, -0.2) is 26.6 Å². The lowest BCUT2D eigenvalue weighted by Gasteiger charge is -2.33. The summed E-state index contributed by atoms with van der Waals surface area (Å²) in [6, 6.07) is 0.424. The fourth-order valence-corrected chi connectivity index (χ4v) is 1.80. The monoisotopic (exact) mass is 313 g/mol. The molecular weight excluding hydrogens is 298 g/mol. The van der Waals surface area contributed by atoms with E-state index in [9.17, 15) is 4.79 Å². The Kier molecular flexibility index (Phi) is 6.21. The van der Waals surface area contributed by atoms with Gasteiger partial charge in [0.25, 0.3) is 0 Å². The van der Waals surface area contributed by atoms with Gasteiger partial charge in [-0.05, 0) is 20.8 Å². The van der Waals surface area contributed by atoms with E-state index in [0.29, 0.717) is 6.42 Å². The number of carbonyl (C=O) groups excluding carboxylic acids is 1. The van der Waals surface area contributed by atoms with E-state index in [1.165, 1.54) is 0 Å². The largest absolute Gasteiger partial charge is 0.336 e. The van der Waals surface area contributed by atoms with Crippen LogP contribution in [0.5, 0.6) is 0 Å². The zero-order valence-electron chi connectivity index (χ0n) is 8.55. The minimum Gasteiger partial charge on any atom is -0.336 e. The van der Waals surface area contributed by atoms with Crippen LogP contribution in [0.25, 0.3) is 0 Å². The highest BCUT2D eigenvalue weighted by atomic mass is 79.9. The molecule has 13 heavy (non-hydrogen) atoms. The topological polar surface area (TPSA) is 20.3 Å². The van der Waals surface area contributed by atoms with Crippen LogP contribution in [0.4, 0.5) is 0 Å². The number of hydrogen-bond acceptors (Lipinski definition) is 1. The van der Waals surface area contributed by atoms with Gasteiger partial charge >= 0.3 is 0 Å². The third-order valence-corrected chi connectivity index (χ3v) is 3.48. The van der Waals surface area contributed by atoms with Gasteiger partial charge in [0.05, 0.1) is 9.78 Å². The minimum absolute atomic E-state index is 0.151. The van der Waals surface area contributed by atoms with Crippen molar-refractivity contribution in [3.05, 3.63) is 0 Å². The third kappa shape index (κ3) is 3.98. The Morgan fingerprint density at radius 1 is 1.31 bits per heavy atom. The minimum atomic E-state index is 0.151. The van der Waals surface area contributed by atoms with Crippen molar-refractivity contribution in [2.24, 2.45) is 0 Å². The fourth-order valence-electron chi connectivity index (χ4n) is 1.29. The van der Waals surface area contributed by atoms with Crippen molar-refractivity contribution in [2.45, 2.75) is 49.9 Å². The molecule has 0 bridgehead atoms. The second-order valence-electron chi connectivity index (χ2n) is 3.32. The lowest BCUT2D eigenvalue weighted by molar-refractivity contribution is -0.134. The number of halogens is 2. The number of alkyl halides is 2. The van der Waals surface area contributed by atoms with Crippen molar-refractivity contribution < 1.29 is 4.79 Å². The zero-order chi connectivity index (χ0) is 10.6. The van der Waals surface area contributed by atoms with Crippen LogP contribution >= 0.6 is 31.9 Å². The average Bonchev–Trinajstić information content (AvgIpc) is 2.03. The molecule has 0 aliphatic heterocycles. The van der Waals surface area contributed by atoms with Crippen LogP contribution in [0, 0.1) is 0 Å². The van der Waals surface area contributed by atoms with Crippen LogP contribution in [0.2, 0.25) is 0 Å². The Labute approximate surface area is 97.3 Å². The van der Waals surface area contributed by atoms with Gasteiger partial charge in [0.2, 0.25) is 5.91 Å². The summed E-state index contributed by atoms with van der Waals surface area (Å²) >= 11 is 6.86. The summed E-state index contributed by atoms with van der Waals surface area (Å²) in [4.78, 5) is 13.5. The summed E-state index contributed by atoms with van der Waals surface area (Å²) in [6.07, 6.45) is 0.565. The van der Waals surface area contributed by atoms with Gasteiger partial charge in [-0.1, -0.05) is 38.8 Å². The van der Waals surface area contributed by atoms with Gasteiger partial charge in [-0.3, -0.25) is 4.79 Å². The lowest BCUT2D eigenvalue weighted by Crippen LogP contribution is -2.45. The molecule has 0 aromatic rings. The van der Waals surface area contributed by atoms with Gasteiger partial charge < -0.3 is 4.90 Å². The Hall–Kier alpha value is 0.430. The molecule has 2 nitrogen and oxygen atoms in total. The molecule has 0 radical (unpaired) electrons. The van der Waals surface area contributed by atoms with Gasteiger partial charge in [0, 0.05) is 12.5 Å². The molecule has 0 aromatic carbocycles. The van der Waals surface area contributed by atoms with E-state index in [1.54, 1.807) is 0 Å². The molecule has 0 spiro atoms. The number of amides is 1. The molecule has 4 heteroatoms. The summed E-state index contributed by atoms with van der Waals surface area (Å²) in [6.45, 7) is 7.99. The molecule has 0 aliphatic rings. The quantitative estimate of drug-likeness (QED) is 0.730. The second kappa shape index (κ2) is 6.02. The van der Waals surface area contributed by atoms with E-state index in [1.807, 2.05) is 32.6 Å². The molecule has 78 valence electrons. The standard InChI is InChI=1S/C9H17Br2NO/c1-5-8(13)12(6(2)3)7(4)9(10)11/h6-7,9H,5H2,1-4H3. The molecule has 1 unspecified atom stereocenters. The van der Waals surface area contributed by atoms with Crippen molar-refractivity contribution in [2.75, 3.05) is 0 Å². The molecule has 0 aliphatic carbocycles. The van der Waals surface area contributed by atoms with Gasteiger partial charge in [0.1, 0.15) is 0 Å². The Bertz CT molecular complexity index is 171. The predicted molar refractivity (Wildman–Crippen MR) is 63.4 cm³/mol. The predicted octanol–water partition coefficient (Wildman–Crippen LogP) is 3.14. The Morgan fingerprint density at radius 2 is 1.77 bits per heavy atom. The van der Waals surface area contributed by atoms with Crippen molar-refractivity contribution in [1.82, 2.24) is 4.90 Å². The molecule has 1 amide bonds. The van der Waals surface area contributed by atoms with E-state index in [-0.39, 0.29) is 21.7 Å². The molecule has 0 saturated heterocycles. The Balaban J connectivity index is 4.51. The van der Waals surface area contributed by atoms with Gasteiger partial charge in [0.15, 0.2) is 0 Å². The lowest BCUT2D eigenvalue weighted by atomic mass is 10.2. The summed E-state index contributed by atoms with van der Waals surface area (Å²) in [5, 5.41) is 0. The van der Waals surface area contributed by atoms with E-state index in [2.05, 4.69) is 31.9 Å². The summed E-state index contributed by atoms with van der Waals surface area (Å²) in [5.74, 6) is 0.200. The maximum absolute atomic E-state index is 11.6. The number of hydrogen-bond donors (Lipinski definition) is 0. The van der Waals surface area contributed by atoms with Crippen molar-refractivity contribution in [3.8, 4) is 0 Å². The molecule has 0 rings (SSSR count). The molecule has 1 atom stereocenters.